The predicted molar refractivity (Wildman–Crippen MR) is 82.2 cm³/mol. The summed E-state index contributed by atoms with van der Waals surface area (Å²) in [7, 11) is -3.64. The average molecular weight is 302 g/mol. The van der Waals surface area contributed by atoms with E-state index in [4.69, 9.17) is 5.14 Å². The summed E-state index contributed by atoms with van der Waals surface area (Å²) in [6.07, 6.45) is 2.17. The molecular weight excluding hydrogens is 284 g/mol. The number of sulfonamides is 1. The van der Waals surface area contributed by atoms with Crippen molar-refractivity contribution in [3.8, 4) is 0 Å². The summed E-state index contributed by atoms with van der Waals surface area (Å²) in [6, 6.07) is 15.5. The normalized spacial score (nSPS) is 17.7. The first-order chi connectivity index (χ1) is 10.0. The van der Waals surface area contributed by atoms with Crippen molar-refractivity contribution in [1.82, 2.24) is 5.32 Å². The lowest BCUT2D eigenvalue weighted by Crippen LogP contribution is -2.19. The van der Waals surface area contributed by atoms with Crippen LogP contribution in [0.25, 0.3) is 0 Å². The van der Waals surface area contributed by atoms with Crippen LogP contribution in [0.4, 0.5) is 0 Å². The van der Waals surface area contributed by atoms with Crippen molar-refractivity contribution in [1.29, 1.82) is 0 Å². The molecule has 2 aromatic carbocycles. The molecule has 1 unspecified atom stereocenters. The Kier molecular flexibility index (Phi) is 3.80. The number of primary sulfonamides is 1. The maximum Gasteiger partial charge on any atom is 0.238 e. The third-order valence-electron chi connectivity index (χ3n) is 3.91. The molecule has 21 heavy (non-hydrogen) atoms. The molecule has 0 saturated carbocycles. The Labute approximate surface area is 125 Å². The molecule has 5 heteroatoms. The molecule has 0 amide bonds. The molecule has 0 aliphatic heterocycles. The average Bonchev–Trinajstić information content (AvgIpc) is 2.88. The second kappa shape index (κ2) is 5.60. The van der Waals surface area contributed by atoms with E-state index in [1.54, 1.807) is 12.1 Å². The van der Waals surface area contributed by atoms with E-state index in [1.165, 1.54) is 17.2 Å². The van der Waals surface area contributed by atoms with Crippen LogP contribution in [0.3, 0.4) is 0 Å². The SMILES string of the molecule is NS(=O)(=O)c1cccc(CNC2CCc3ccccc32)c1. The molecule has 0 heterocycles. The first-order valence-electron chi connectivity index (χ1n) is 6.97. The van der Waals surface area contributed by atoms with Gasteiger partial charge in [0.05, 0.1) is 4.90 Å². The van der Waals surface area contributed by atoms with Gasteiger partial charge >= 0.3 is 0 Å². The van der Waals surface area contributed by atoms with Crippen molar-refractivity contribution in [3.05, 3.63) is 65.2 Å². The van der Waals surface area contributed by atoms with Gasteiger partial charge in [0.15, 0.2) is 0 Å². The fourth-order valence-corrected chi connectivity index (χ4v) is 3.43. The lowest BCUT2D eigenvalue weighted by Gasteiger charge is -2.14. The lowest BCUT2D eigenvalue weighted by atomic mass is 10.1. The summed E-state index contributed by atoms with van der Waals surface area (Å²) in [5.41, 5.74) is 3.67. The Balaban J connectivity index is 1.72. The minimum Gasteiger partial charge on any atom is -0.306 e. The van der Waals surface area contributed by atoms with Crippen molar-refractivity contribution in [2.45, 2.75) is 30.3 Å². The van der Waals surface area contributed by atoms with Crippen molar-refractivity contribution < 1.29 is 8.42 Å². The van der Waals surface area contributed by atoms with Crippen LogP contribution in [0, 0.1) is 0 Å². The highest BCUT2D eigenvalue weighted by atomic mass is 32.2. The summed E-state index contributed by atoms with van der Waals surface area (Å²) in [5, 5.41) is 8.66. The van der Waals surface area contributed by atoms with Crippen LogP contribution in [0.2, 0.25) is 0 Å². The standard InChI is InChI=1S/C16H18N2O2S/c17-21(19,20)14-6-3-4-12(10-14)11-18-16-9-8-13-5-1-2-7-15(13)16/h1-7,10,16,18H,8-9,11H2,(H2,17,19,20). The molecule has 4 nitrogen and oxygen atoms in total. The summed E-state index contributed by atoms with van der Waals surface area (Å²) < 4.78 is 22.7. The van der Waals surface area contributed by atoms with Gasteiger partial charge in [-0.05, 0) is 41.7 Å². The van der Waals surface area contributed by atoms with E-state index in [2.05, 4.69) is 29.6 Å². The van der Waals surface area contributed by atoms with Crippen LogP contribution in [0.1, 0.15) is 29.2 Å². The van der Waals surface area contributed by atoms with Gasteiger partial charge in [-0.25, -0.2) is 13.6 Å². The topological polar surface area (TPSA) is 72.2 Å². The van der Waals surface area contributed by atoms with Gasteiger partial charge in [0.25, 0.3) is 0 Å². The number of nitrogens with one attached hydrogen (secondary N) is 1. The van der Waals surface area contributed by atoms with E-state index < -0.39 is 10.0 Å². The van der Waals surface area contributed by atoms with Gasteiger partial charge in [-0.15, -0.1) is 0 Å². The number of aryl methyl sites for hydroxylation is 1. The van der Waals surface area contributed by atoms with E-state index >= 15 is 0 Å². The predicted octanol–water partition coefficient (Wildman–Crippen LogP) is 2.11. The van der Waals surface area contributed by atoms with E-state index in [9.17, 15) is 8.42 Å². The third-order valence-corrected chi connectivity index (χ3v) is 4.82. The zero-order valence-electron chi connectivity index (χ0n) is 11.6. The van der Waals surface area contributed by atoms with E-state index in [0.717, 1.165) is 18.4 Å². The summed E-state index contributed by atoms with van der Waals surface area (Å²) in [5.74, 6) is 0. The highest BCUT2D eigenvalue weighted by Gasteiger charge is 2.21. The zero-order chi connectivity index (χ0) is 14.9. The largest absolute Gasteiger partial charge is 0.306 e. The molecule has 3 N–H and O–H groups in total. The molecule has 110 valence electrons. The Hall–Kier alpha value is -1.69. The smallest absolute Gasteiger partial charge is 0.238 e. The van der Waals surface area contributed by atoms with Gasteiger partial charge < -0.3 is 5.32 Å². The van der Waals surface area contributed by atoms with Crippen LogP contribution >= 0.6 is 0 Å². The molecule has 2 aromatic rings. The number of hydrogen-bond acceptors (Lipinski definition) is 3. The number of nitrogens with two attached hydrogens (primary N) is 1. The Bertz CT molecular complexity index is 756. The number of rotatable bonds is 4. The van der Waals surface area contributed by atoms with Gasteiger partial charge in [-0.1, -0.05) is 36.4 Å². The molecule has 0 aromatic heterocycles. The van der Waals surface area contributed by atoms with Gasteiger partial charge in [0, 0.05) is 12.6 Å². The van der Waals surface area contributed by atoms with Crippen LogP contribution in [-0.2, 0) is 23.0 Å². The number of hydrogen-bond donors (Lipinski definition) is 2. The minimum absolute atomic E-state index is 0.161. The van der Waals surface area contributed by atoms with Gasteiger partial charge in [0.2, 0.25) is 10.0 Å². The van der Waals surface area contributed by atoms with Crippen molar-refractivity contribution in [3.63, 3.8) is 0 Å². The van der Waals surface area contributed by atoms with Crippen LogP contribution < -0.4 is 10.5 Å². The number of benzene rings is 2. The molecule has 1 aliphatic carbocycles. The summed E-state index contributed by atoms with van der Waals surface area (Å²) in [6.45, 7) is 0.627. The monoisotopic (exact) mass is 302 g/mol. The molecule has 1 atom stereocenters. The fourth-order valence-electron chi connectivity index (χ4n) is 2.84. The van der Waals surface area contributed by atoms with Crippen LogP contribution in [0.5, 0.6) is 0 Å². The van der Waals surface area contributed by atoms with Gasteiger partial charge in [0.1, 0.15) is 0 Å². The Morgan fingerprint density at radius 3 is 2.76 bits per heavy atom. The molecule has 0 saturated heterocycles. The van der Waals surface area contributed by atoms with E-state index in [0.29, 0.717) is 12.6 Å². The first-order valence-corrected chi connectivity index (χ1v) is 8.51. The van der Waals surface area contributed by atoms with Crippen molar-refractivity contribution in [2.24, 2.45) is 5.14 Å². The lowest BCUT2D eigenvalue weighted by molar-refractivity contribution is 0.530. The second-order valence-electron chi connectivity index (χ2n) is 5.36. The maximum absolute atomic E-state index is 11.4. The molecule has 0 spiro atoms. The van der Waals surface area contributed by atoms with Gasteiger partial charge in [-0.2, -0.15) is 0 Å². The second-order valence-corrected chi connectivity index (χ2v) is 6.92. The molecular formula is C16H18N2O2S. The zero-order valence-corrected chi connectivity index (χ0v) is 12.4. The quantitative estimate of drug-likeness (QED) is 0.908. The van der Waals surface area contributed by atoms with E-state index in [1.807, 2.05) is 6.07 Å². The molecule has 1 aliphatic rings. The number of fused-ring (bicyclic) bond motifs is 1. The Morgan fingerprint density at radius 1 is 1.14 bits per heavy atom. The molecule has 0 bridgehead atoms. The molecule has 3 rings (SSSR count). The summed E-state index contributed by atoms with van der Waals surface area (Å²) >= 11 is 0. The van der Waals surface area contributed by atoms with Crippen molar-refractivity contribution >= 4 is 10.0 Å². The summed E-state index contributed by atoms with van der Waals surface area (Å²) in [4.78, 5) is 0.161. The first kappa shape index (κ1) is 14.3. The third kappa shape index (κ3) is 3.15. The highest BCUT2D eigenvalue weighted by molar-refractivity contribution is 7.89. The van der Waals surface area contributed by atoms with E-state index in [-0.39, 0.29) is 4.90 Å². The van der Waals surface area contributed by atoms with Gasteiger partial charge in [-0.3, -0.25) is 0 Å². The van der Waals surface area contributed by atoms with Crippen molar-refractivity contribution in [2.75, 3.05) is 0 Å². The van der Waals surface area contributed by atoms with Crippen LogP contribution in [0.15, 0.2) is 53.4 Å². The van der Waals surface area contributed by atoms with Crippen LogP contribution in [-0.4, -0.2) is 8.42 Å². The minimum atomic E-state index is -3.64. The highest BCUT2D eigenvalue weighted by Crippen LogP contribution is 2.30. The molecule has 0 radical (unpaired) electrons. The maximum atomic E-state index is 11.4. The molecule has 0 fully saturated rings. The fraction of sp³-hybridized carbons (Fsp3) is 0.250. The Morgan fingerprint density at radius 2 is 1.95 bits per heavy atom.